The molecule has 0 saturated carbocycles. The summed E-state index contributed by atoms with van der Waals surface area (Å²) in [4.78, 5) is 16.2. The van der Waals surface area contributed by atoms with Gasteiger partial charge in [0.15, 0.2) is 5.69 Å². The fraction of sp³-hybridized carbons (Fsp3) is 0.158. The van der Waals surface area contributed by atoms with Gasteiger partial charge in [-0.1, -0.05) is 42.0 Å². The standard InChI is InChI=1S/C19H17N7O2/c1-11-8-12(2)16-14(9-11)17(19(28)20-16)22-21-15(27)10-26-24-18(23-25-26)13-6-4-3-5-7-13/h3-9,20,28H,10H2,1-2H3. The number of nitrogens with zero attached hydrogens (tertiary/aromatic N) is 6. The number of tetrazole rings is 1. The Hall–Kier alpha value is -3.88. The summed E-state index contributed by atoms with van der Waals surface area (Å²) in [6, 6.07) is 13.2. The Morgan fingerprint density at radius 1 is 1.21 bits per heavy atom. The van der Waals surface area contributed by atoms with Gasteiger partial charge in [-0.3, -0.25) is 4.79 Å². The number of aromatic hydroxyl groups is 1. The molecule has 0 saturated heterocycles. The van der Waals surface area contributed by atoms with Crippen LogP contribution in [0, 0.1) is 13.8 Å². The highest BCUT2D eigenvalue weighted by Gasteiger charge is 2.14. The zero-order chi connectivity index (χ0) is 19.7. The monoisotopic (exact) mass is 375 g/mol. The van der Waals surface area contributed by atoms with E-state index in [0.717, 1.165) is 27.0 Å². The highest BCUT2D eigenvalue weighted by molar-refractivity contribution is 5.96. The van der Waals surface area contributed by atoms with E-state index in [0.29, 0.717) is 11.2 Å². The van der Waals surface area contributed by atoms with Crippen molar-refractivity contribution in [3.63, 3.8) is 0 Å². The fourth-order valence-corrected chi connectivity index (χ4v) is 3.00. The van der Waals surface area contributed by atoms with Gasteiger partial charge in [-0.05, 0) is 30.7 Å². The number of aryl methyl sites for hydroxylation is 2. The molecule has 1 amide bonds. The van der Waals surface area contributed by atoms with Gasteiger partial charge in [0.2, 0.25) is 11.7 Å². The molecular weight excluding hydrogens is 358 g/mol. The van der Waals surface area contributed by atoms with Crippen molar-refractivity contribution < 1.29 is 9.90 Å². The zero-order valence-electron chi connectivity index (χ0n) is 15.3. The van der Waals surface area contributed by atoms with E-state index in [1.807, 2.05) is 56.3 Å². The van der Waals surface area contributed by atoms with Crippen molar-refractivity contribution in [3.05, 3.63) is 53.6 Å². The lowest BCUT2D eigenvalue weighted by atomic mass is 10.1. The minimum Gasteiger partial charge on any atom is -0.493 e. The second kappa shape index (κ2) is 7.03. The molecule has 4 aromatic rings. The van der Waals surface area contributed by atoms with Crippen LogP contribution in [0.4, 0.5) is 5.69 Å². The van der Waals surface area contributed by atoms with E-state index in [1.165, 1.54) is 0 Å². The summed E-state index contributed by atoms with van der Waals surface area (Å²) in [6.07, 6.45) is 0. The van der Waals surface area contributed by atoms with Crippen LogP contribution >= 0.6 is 0 Å². The Kier molecular flexibility index (Phi) is 4.40. The largest absolute Gasteiger partial charge is 0.493 e. The molecule has 0 aliphatic carbocycles. The molecule has 0 unspecified atom stereocenters. The Morgan fingerprint density at radius 2 is 2.00 bits per heavy atom. The number of azo groups is 1. The quantitative estimate of drug-likeness (QED) is 0.529. The first kappa shape index (κ1) is 17.5. The van der Waals surface area contributed by atoms with Crippen molar-refractivity contribution in [2.45, 2.75) is 20.4 Å². The smallest absolute Gasteiger partial charge is 0.287 e. The third-order valence-corrected chi connectivity index (χ3v) is 4.23. The second-order valence-electron chi connectivity index (χ2n) is 6.43. The molecule has 2 N–H and O–H groups in total. The van der Waals surface area contributed by atoms with E-state index in [-0.39, 0.29) is 18.1 Å². The van der Waals surface area contributed by atoms with Crippen LogP contribution in [0.15, 0.2) is 52.7 Å². The number of carbonyl (C=O) groups is 1. The molecule has 0 bridgehead atoms. The summed E-state index contributed by atoms with van der Waals surface area (Å²) in [5, 5.41) is 30.4. The van der Waals surface area contributed by atoms with Crippen molar-refractivity contribution in [1.82, 2.24) is 25.2 Å². The molecule has 0 radical (unpaired) electrons. The van der Waals surface area contributed by atoms with Gasteiger partial charge >= 0.3 is 0 Å². The number of rotatable bonds is 4. The molecular formula is C19H17N7O2. The molecule has 0 atom stereocenters. The number of hydrogen-bond donors (Lipinski definition) is 2. The first-order valence-electron chi connectivity index (χ1n) is 8.61. The van der Waals surface area contributed by atoms with Crippen molar-refractivity contribution in [3.8, 4) is 17.3 Å². The minimum atomic E-state index is -0.560. The molecule has 2 aromatic heterocycles. The number of fused-ring (bicyclic) bond motifs is 1. The van der Waals surface area contributed by atoms with E-state index in [4.69, 9.17) is 0 Å². The summed E-state index contributed by atoms with van der Waals surface area (Å²) in [7, 11) is 0. The van der Waals surface area contributed by atoms with Crippen LogP contribution in [0.5, 0.6) is 5.88 Å². The van der Waals surface area contributed by atoms with E-state index >= 15 is 0 Å². The van der Waals surface area contributed by atoms with E-state index < -0.39 is 5.91 Å². The number of H-pyrrole nitrogens is 1. The normalized spacial score (nSPS) is 11.5. The number of carbonyl (C=O) groups excluding carboxylic acids is 1. The molecule has 9 heteroatoms. The van der Waals surface area contributed by atoms with Crippen molar-refractivity contribution in [2.75, 3.05) is 0 Å². The van der Waals surface area contributed by atoms with Gasteiger partial charge in [-0.15, -0.1) is 20.4 Å². The van der Waals surface area contributed by atoms with Crippen molar-refractivity contribution in [1.29, 1.82) is 0 Å². The molecule has 4 rings (SSSR count). The Balaban J connectivity index is 1.53. The lowest BCUT2D eigenvalue weighted by molar-refractivity contribution is -0.119. The predicted molar refractivity (Wildman–Crippen MR) is 102 cm³/mol. The van der Waals surface area contributed by atoms with Gasteiger partial charge in [0.05, 0.1) is 5.52 Å². The molecule has 0 aliphatic heterocycles. The Bertz CT molecular complexity index is 1190. The van der Waals surface area contributed by atoms with Crippen LogP contribution in [0.2, 0.25) is 0 Å². The molecule has 0 spiro atoms. The molecule has 28 heavy (non-hydrogen) atoms. The number of aromatic amines is 1. The van der Waals surface area contributed by atoms with Crippen molar-refractivity contribution >= 4 is 22.5 Å². The topological polar surface area (TPSA) is 121 Å². The average molecular weight is 375 g/mol. The summed E-state index contributed by atoms with van der Waals surface area (Å²) < 4.78 is 0. The van der Waals surface area contributed by atoms with Gasteiger partial charge in [-0.25, -0.2) is 0 Å². The fourth-order valence-electron chi connectivity index (χ4n) is 3.00. The molecule has 140 valence electrons. The van der Waals surface area contributed by atoms with E-state index in [2.05, 4.69) is 30.6 Å². The molecule has 0 fully saturated rings. The highest BCUT2D eigenvalue weighted by Crippen LogP contribution is 2.37. The lowest BCUT2D eigenvalue weighted by Crippen LogP contribution is -2.10. The first-order chi connectivity index (χ1) is 13.5. The molecule has 2 aromatic carbocycles. The Morgan fingerprint density at radius 3 is 2.79 bits per heavy atom. The van der Waals surface area contributed by atoms with Crippen LogP contribution in [0.25, 0.3) is 22.3 Å². The zero-order valence-corrected chi connectivity index (χ0v) is 15.3. The highest BCUT2D eigenvalue weighted by atomic mass is 16.3. The lowest BCUT2D eigenvalue weighted by Gasteiger charge is -1.98. The minimum absolute atomic E-state index is 0.134. The molecule has 9 nitrogen and oxygen atoms in total. The number of benzene rings is 2. The maximum Gasteiger partial charge on any atom is 0.287 e. The summed E-state index contributed by atoms with van der Waals surface area (Å²) >= 11 is 0. The summed E-state index contributed by atoms with van der Waals surface area (Å²) in [6.45, 7) is 3.67. The first-order valence-corrected chi connectivity index (χ1v) is 8.61. The summed E-state index contributed by atoms with van der Waals surface area (Å²) in [5.41, 5.74) is 3.78. The number of nitrogens with one attached hydrogen (secondary N) is 1. The Labute approximate surface area is 159 Å². The summed E-state index contributed by atoms with van der Waals surface area (Å²) in [5.74, 6) is -0.272. The second-order valence-corrected chi connectivity index (χ2v) is 6.43. The SMILES string of the molecule is Cc1cc(C)c2[nH]c(O)c(N=NC(=O)Cn3nnc(-c4ccccc4)n3)c2c1. The number of aromatic nitrogens is 5. The molecule has 0 aliphatic rings. The van der Waals surface area contributed by atoms with Gasteiger partial charge in [0.25, 0.3) is 5.91 Å². The molecule has 2 heterocycles. The van der Waals surface area contributed by atoms with Gasteiger partial charge in [0.1, 0.15) is 6.54 Å². The van der Waals surface area contributed by atoms with E-state index in [1.54, 1.807) is 0 Å². The number of hydrogen-bond acceptors (Lipinski definition) is 6. The predicted octanol–water partition coefficient (Wildman–Crippen LogP) is 3.45. The average Bonchev–Trinajstić information content (AvgIpc) is 3.25. The third-order valence-electron chi connectivity index (χ3n) is 4.23. The van der Waals surface area contributed by atoms with Crippen LogP contribution in [0.1, 0.15) is 11.1 Å². The van der Waals surface area contributed by atoms with Gasteiger partial charge in [0, 0.05) is 10.9 Å². The van der Waals surface area contributed by atoms with Gasteiger partial charge in [-0.2, -0.15) is 4.80 Å². The van der Waals surface area contributed by atoms with Gasteiger partial charge < -0.3 is 10.1 Å². The third kappa shape index (κ3) is 3.37. The number of amides is 1. The van der Waals surface area contributed by atoms with Crippen molar-refractivity contribution in [2.24, 2.45) is 10.2 Å². The van der Waals surface area contributed by atoms with Crippen LogP contribution in [-0.4, -0.2) is 36.2 Å². The van der Waals surface area contributed by atoms with Crippen LogP contribution in [0.3, 0.4) is 0 Å². The maximum atomic E-state index is 12.2. The van der Waals surface area contributed by atoms with Crippen LogP contribution < -0.4 is 0 Å². The van der Waals surface area contributed by atoms with E-state index in [9.17, 15) is 9.90 Å². The maximum absolute atomic E-state index is 12.2. The van der Waals surface area contributed by atoms with Crippen LogP contribution in [-0.2, 0) is 11.3 Å².